The van der Waals surface area contributed by atoms with Crippen LogP contribution in [0.2, 0.25) is 0 Å². The summed E-state index contributed by atoms with van der Waals surface area (Å²) >= 11 is 1.31. The molecule has 0 aliphatic heterocycles. The van der Waals surface area contributed by atoms with E-state index < -0.39 is 18.1 Å². The minimum absolute atomic E-state index is 0.384. The molecule has 2 atom stereocenters. The number of aliphatic hydroxyl groups is 2. The molecule has 124 valence electrons. The summed E-state index contributed by atoms with van der Waals surface area (Å²) in [6.07, 6.45) is 0.385. The third-order valence-corrected chi connectivity index (χ3v) is 5.20. The van der Waals surface area contributed by atoms with Crippen molar-refractivity contribution < 1.29 is 15.0 Å². The maximum absolute atomic E-state index is 12.5. The first-order valence-corrected chi connectivity index (χ1v) is 8.92. The molecule has 1 saturated carbocycles. The van der Waals surface area contributed by atoms with E-state index in [0.717, 1.165) is 29.5 Å². The van der Waals surface area contributed by atoms with Crippen LogP contribution >= 0.6 is 11.3 Å². The Balaban J connectivity index is 1.73. The Morgan fingerprint density at radius 3 is 2.78 bits per heavy atom. The first-order valence-electron chi connectivity index (χ1n) is 8.10. The molecular weight excluding hydrogens is 312 g/mol. The van der Waals surface area contributed by atoms with E-state index in [4.69, 9.17) is 0 Å². The number of rotatable bonds is 7. The van der Waals surface area contributed by atoms with Crippen LogP contribution in [0.15, 0.2) is 24.3 Å². The van der Waals surface area contributed by atoms with Gasteiger partial charge in [-0.25, -0.2) is 4.98 Å². The fraction of sp³-hybridized carbons (Fsp3) is 0.529. The lowest BCUT2D eigenvalue weighted by Gasteiger charge is -2.26. The Hall–Kier alpha value is -1.50. The number of hydrogen-bond acceptors (Lipinski definition) is 5. The quantitative estimate of drug-likeness (QED) is 0.815. The maximum atomic E-state index is 12.5. The summed E-state index contributed by atoms with van der Waals surface area (Å²) in [5.74, 6) is 0.155. The van der Waals surface area contributed by atoms with Gasteiger partial charge in [0.25, 0.3) is 5.91 Å². The van der Waals surface area contributed by atoms with Crippen LogP contribution in [0.3, 0.4) is 0 Å². The second kappa shape index (κ2) is 6.95. The zero-order chi connectivity index (χ0) is 16.4. The Labute approximate surface area is 139 Å². The highest BCUT2D eigenvalue weighted by Gasteiger charge is 2.34. The number of carbonyl (C=O) groups is 1. The lowest BCUT2D eigenvalue weighted by Crippen LogP contribution is -2.43. The normalized spacial score (nSPS) is 17.2. The highest BCUT2D eigenvalue weighted by Crippen LogP contribution is 2.31. The van der Waals surface area contributed by atoms with Gasteiger partial charge < -0.3 is 15.1 Å². The number of amides is 1. The van der Waals surface area contributed by atoms with Crippen LogP contribution in [0.5, 0.6) is 0 Å². The van der Waals surface area contributed by atoms with Crippen LogP contribution in [0.25, 0.3) is 10.2 Å². The minimum Gasteiger partial charge on any atom is -0.383 e. The summed E-state index contributed by atoms with van der Waals surface area (Å²) in [7, 11) is 0. The van der Waals surface area contributed by atoms with E-state index in [2.05, 4.69) is 4.98 Å². The first kappa shape index (κ1) is 16.4. The molecule has 1 aliphatic rings. The van der Waals surface area contributed by atoms with Gasteiger partial charge in [-0.3, -0.25) is 4.79 Å². The van der Waals surface area contributed by atoms with Crippen molar-refractivity contribution in [2.45, 2.75) is 38.4 Å². The molecule has 0 radical (unpaired) electrons. The second-order valence-corrected chi connectivity index (χ2v) is 7.20. The van der Waals surface area contributed by atoms with Crippen molar-refractivity contribution >= 4 is 27.5 Å². The molecule has 1 amide bonds. The molecule has 6 heteroatoms. The summed E-state index contributed by atoms with van der Waals surface area (Å²) in [6, 6.07) is 7.54. The molecule has 1 aliphatic carbocycles. The summed E-state index contributed by atoms with van der Waals surface area (Å²) in [5, 5.41) is 21.1. The van der Waals surface area contributed by atoms with Crippen molar-refractivity contribution in [1.29, 1.82) is 0 Å². The molecule has 2 unspecified atom stereocenters. The van der Waals surface area contributed by atoms with Crippen molar-refractivity contribution in [2.75, 3.05) is 13.1 Å². The predicted molar refractivity (Wildman–Crippen MR) is 90.2 cm³/mol. The highest BCUT2D eigenvalue weighted by molar-refractivity contribution is 7.18. The van der Waals surface area contributed by atoms with Gasteiger partial charge in [0, 0.05) is 13.1 Å². The third kappa shape index (κ3) is 3.71. The number of thiazole rings is 1. The predicted octanol–water partition coefficient (Wildman–Crippen LogP) is 2.34. The average Bonchev–Trinajstić information content (AvgIpc) is 3.27. The second-order valence-electron chi connectivity index (χ2n) is 6.14. The highest BCUT2D eigenvalue weighted by atomic mass is 32.1. The van der Waals surface area contributed by atoms with E-state index in [1.54, 1.807) is 4.90 Å². The van der Waals surface area contributed by atoms with E-state index in [1.165, 1.54) is 11.3 Å². The fourth-order valence-corrected chi connectivity index (χ4v) is 3.63. The Kier molecular flexibility index (Phi) is 4.94. The average molecular weight is 334 g/mol. The van der Waals surface area contributed by atoms with Crippen LogP contribution in [-0.2, 0) is 4.79 Å². The van der Waals surface area contributed by atoms with E-state index in [-0.39, 0.29) is 0 Å². The van der Waals surface area contributed by atoms with Gasteiger partial charge in [0.1, 0.15) is 11.1 Å². The van der Waals surface area contributed by atoms with Gasteiger partial charge in [0.2, 0.25) is 0 Å². The molecule has 1 aromatic carbocycles. The standard InChI is InChI=1S/C17H22N2O3S/c1-2-9-19(10-11-7-8-11)17(22)15(21)14(20)16-18-12-5-3-4-6-13(12)23-16/h3-6,11,14-15,20-21H,2,7-10H2,1H3. The SMILES string of the molecule is CCCN(CC1CC1)C(=O)C(O)C(O)c1nc2ccccc2s1. The van der Waals surface area contributed by atoms with Gasteiger partial charge >= 0.3 is 0 Å². The molecule has 1 fully saturated rings. The molecule has 1 heterocycles. The van der Waals surface area contributed by atoms with Gasteiger partial charge in [-0.2, -0.15) is 0 Å². The number of hydrogen-bond donors (Lipinski definition) is 2. The lowest BCUT2D eigenvalue weighted by atomic mass is 10.1. The van der Waals surface area contributed by atoms with Crippen LogP contribution < -0.4 is 0 Å². The van der Waals surface area contributed by atoms with Crippen LogP contribution in [0.4, 0.5) is 0 Å². The third-order valence-electron chi connectivity index (χ3n) is 4.10. The van der Waals surface area contributed by atoms with Crippen molar-refractivity contribution in [3.8, 4) is 0 Å². The number of nitrogens with zero attached hydrogens (tertiary/aromatic N) is 2. The van der Waals surface area contributed by atoms with Gasteiger partial charge in [-0.1, -0.05) is 19.1 Å². The van der Waals surface area contributed by atoms with E-state index in [9.17, 15) is 15.0 Å². The Morgan fingerprint density at radius 2 is 2.13 bits per heavy atom. The number of benzene rings is 1. The van der Waals surface area contributed by atoms with E-state index in [1.807, 2.05) is 31.2 Å². The molecule has 0 saturated heterocycles. The number of fused-ring (bicyclic) bond motifs is 1. The molecule has 3 rings (SSSR count). The lowest BCUT2D eigenvalue weighted by molar-refractivity contribution is -0.146. The van der Waals surface area contributed by atoms with Crippen molar-refractivity contribution in [3.63, 3.8) is 0 Å². The largest absolute Gasteiger partial charge is 0.383 e. The van der Waals surface area contributed by atoms with Crippen LogP contribution in [0.1, 0.15) is 37.3 Å². The summed E-state index contributed by atoms with van der Waals surface area (Å²) in [6.45, 7) is 3.29. The molecular formula is C17H22N2O3S. The summed E-state index contributed by atoms with van der Waals surface area (Å²) in [5.41, 5.74) is 0.773. The fourth-order valence-electron chi connectivity index (χ4n) is 2.65. The van der Waals surface area contributed by atoms with Crippen molar-refractivity contribution in [1.82, 2.24) is 9.88 Å². The topological polar surface area (TPSA) is 73.7 Å². The Bertz CT molecular complexity index is 650. The first-order chi connectivity index (χ1) is 11.1. The van der Waals surface area contributed by atoms with Crippen molar-refractivity contribution in [3.05, 3.63) is 29.3 Å². The Morgan fingerprint density at radius 1 is 1.39 bits per heavy atom. The van der Waals surface area contributed by atoms with Gasteiger partial charge in [0.05, 0.1) is 10.2 Å². The zero-order valence-corrected chi connectivity index (χ0v) is 14.0. The van der Waals surface area contributed by atoms with Crippen LogP contribution in [-0.4, -0.2) is 45.2 Å². The van der Waals surface area contributed by atoms with E-state index in [0.29, 0.717) is 24.0 Å². The van der Waals surface area contributed by atoms with Crippen LogP contribution in [0, 0.1) is 5.92 Å². The number of carbonyl (C=O) groups excluding carboxylic acids is 1. The molecule has 5 nitrogen and oxygen atoms in total. The van der Waals surface area contributed by atoms with E-state index >= 15 is 0 Å². The zero-order valence-electron chi connectivity index (χ0n) is 13.2. The number of para-hydroxylation sites is 1. The van der Waals surface area contributed by atoms with Gasteiger partial charge in [-0.15, -0.1) is 11.3 Å². The van der Waals surface area contributed by atoms with Gasteiger partial charge in [-0.05, 0) is 37.3 Å². The molecule has 0 spiro atoms. The molecule has 0 bridgehead atoms. The maximum Gasteiger partial charge on any atom is 0.254 e. The molecule has 23 heavy (non-hydrogen) atoms. The van der Waals surface area contributed by atoms with Gasteiger partial charge in [0.15, 0.2) is 6.10 Å². The monoisotopic (exact) mass is 334 g/mol. The number of aliphatic hydroxyl groups excluding tert-OH is 2. The van der Waals surface area contributed by atoms with Crippen molar-refractivity contribution in [2.24, 2.45) is 5.92 Å². The molecule has 2 N–H and O–H groups in total. The summed E-state index contributed by atoms with van der Waals surface area (Å²) < 4.78 is 0.935. The smallest absolute Gasteiger partial charge is 0.254 e. The summed E-state index contributed by atoms with van der Waals surface area (Å²) in [4.78, 5) is 18.5. The molecule has 2 aromatic rings. The number of aromatic nitrogens is 1. The minimum atomic E-state index is -1.46. The molecule has 1 aromatic heterocycles.